The van der Waals surface area contributed by atoms with Gasteiger partial charge in [-0.1, -0.05) is 25.4 Å². The highest BCUT2D eigenvalue weighted by molar-refractivity contribution is 6.30. The summed E-state index contributed by atoms with van der Waals surface area (Å²) >= 11 is 6.20. The van der Waals surface area contributed by atoms with Crippen molar-refractivity contribution >= 4 is 29.3 Å². The molecule has 0 unspecified atom stereocenters. The molecular formula is C19H21ClN3O2+. The van der Waals surface area contributed by atoms with Crippen molar-refractivity contribution in [3.8, 4) is 5.88 Å². The Hall–Kier alpha value is -2.40. The van der Waals surface area contributed by atoms with Crippen LogP contribution >= 0.6 is 11.6 Å². The summed E-state index contributed by atoms with van der Waals surface area (Å²) in [5.41, 5.74) is 3.17. The van der Waals surface area contributed by atoms with Gasteiger partial charge in [-0.25, -0.2) is 4.57 Å². The molecule has 2 heterocycles. The summed E-state index contributed by atoms with van der Waals surface area (Å²) < 4.78 is 7.00. The molecule has 3 rings (SSSR count). The second kappa shape index (κ2) is 6.15. The number of rotatable bonds is 2. The van der Waals surface area contributed by atoms with E-state index in [1.54, 1.807) is 6.07 Å². The van der Waals surface area contributed by atoms with Crippen LogP contribution in [-0.2, 0) is 17.3 Å². The molecule has 1 aromatic carbocycles. The zero-order valence-electron chi connectivity index (χ0n) is 15.0. The number of nitrogens with zero attached hydrogens (tertiary/aromatic N) is 3. The highest BCUT2D eigenvalue weighted by Gasteiger charge is 2.39. The molecule has 0 amide bonds. The van der Waals surface area contributed by atoms with Gasteiger partial charge in [0, 0.05) is 35.8 Å². The Balaban J connectivity index is 2.09. The first-order valence-corrected chi connectivity index (χ1v) is 8.39. The first kappa shape index (κ1) is 17.4. The molecule has 0 radical (unpaired) electrons. The lowest BCUT2D eigenvalue weighted by Crippen LogP contribution is -2.34. The van der Waals surface area contributed by atoms with E-state index in [9.17, 15) is 4.79 Å². The van der Waals surface area contributed by atoms with E-state index in [1.807, 2.05) is 49.1 Å². The summed E-state index contributed by atoms with van der Waals surface area (Å²) in [6.07, 6.45) is 3.84. The zero-order chi connectivity index (χ0) is 18.4. The molecule has 0 saturated carbocycles. The first-order valence-electron chi connectivity index (χ1n) is 8.01. The molecule has 0 atom stereocenters. The quantitative estimate of drug-likeness (QED) is 0.610. The Bertz CT molecular complexity index is 890. The Morgan fingerprint density at radius 1 is 1.36 bits per heavy atom. The van der Waals surface area contributed by atoms with E-state index in [1.165, 1.54) is 12.5 Å². The van der Waals surface area contributed by atoms with Gasteiger partial charge in [0.15, 0.2) is 0 Å². The fourth-order valence-corrected chi connectivity index (χ4v) is 3.38. The topological polar surface area (TPSA) is 46.3 Å². The largest absolute Gasteiger partial charge is 0.387 e. The number of halogens is 1. The Morgan fingerprint density at radius 3 is 2.76 bits per heavy atom. The molecule has 0 fully saturated rings. The van der Waals surface area contributed by atoms with Crippen molar-refractivity contribution in [2.75, 3.05) is 11.9 Å². The molecule has 0 spiro atoms. The van der Waals surface area contributed by atoms with Crippen molar-refractivity contribution in [1.82, 2.24) is 4.98 Å². The SMILES string of the molecule is CC(=O)Oc1cc[n+](C)c(C=C2N(C)c3ccc(Cl)cc3C2(C)C)n1. The Morgan fingerprint density at radius 2 is 2.08 bits per heavy atom. The third kappa shape index (κ3) is 3.12. The summed E-state index contributed by atoms with van der Waals surface area (Å²) in [4.78, 5) is 17.8. The van der Waals surface area contributed by atoms with Crippen LogP contribution < -0.4 is 14.2 Å². The zero-order valence-corrected chi connectivity index (χ0v) is 15.8. The number of ether oxygens (including phenoxy) is 1. The standard InChI is InChI=1S/C19H21ClN3O2/c1-12(24)25-18-8-9-22(4)17(21-18)11-16-19(2,3)14-10-13(20)6-7-15(14)23(16)5/h6-11H,1-5H3/q+1. The van der Waals surface area contributed by atoms with E-state index < -0.39 is 0 Å². The summed E-state index contributed by atoms with van der Waals surface area (Å²) in [5, 5.41) is 0.724. The number of anilines is 1. The molecule has 0 bridgehead atoms. The number of fused-ring (bicyclic) bond motifs is 1. The Kier molecular flexibility index (Phi) is 4.29. The van der Waals surface area contributed by atoms with E-state index in [4.69, 9.17) is 16.3 Å². The van der Waals surface area contributed by atoms with Crippen molar-refractivity contribution in [3.63, 3.8) is 0 Å². The first-order chi connectivity index (χ1) is 11.7. The van der Waals surface area contributed by atoms with E-state index in [2.05, 4.69) is 23.7 Å². The maximum Gasteiger partial charge on any atom is 0.339 e. The van der Waals surface area contributed by atoms with Crippen molar-refractivity contribution in [1.29, 1.82) is 0 Å². The minimum Gasteiger partial charge on any atom is -0.387 e. The molecule has 1 aromatic heterocycles. The highest BCUT2D eigenvalue weighted by Crippen LogP contribution is 2.48. The van der Waals surface area contributed by atoms with E-state index in [-0.39, 0.29) is 17.3 Å². The highest BCUT2D eigenvalue weighted by atomic mass is 35.5. The number of hydrogen-bond donors (Lipinski definition) is 0. The maximum atomic E-state index is 11.2. The average Bonchev–Trinajstić information content (AvgIpc) is 2.70. The van der Waals surface area contributed by atoms with Crippen LogP contribution in [0.1, 0.15) is 32.2 Å². The van der Waals surface area contributed by atoms with Gasteiger partial charge in [0.2, 0.25) is 0 Å². The number of carbonyl (C=O) groups is 1. The lowest BCUT2D eigenvalue weighted by Gasteiger charge is -2.23. The monoisotopic (exact) mass is 358 g/mol. The van der Waals surface area contributed by atoms with Crippen molar-refractivity contribution in [3.05, 3.63) is 52.6 Å². The van der Waals surface area contributed by atoms with Crippen LogP contribution in [0.3, 0.4) is 0 Å². The van der Waals surface area contributed by atoms with E-state index >= 15 is 0 Å². The summed E-state index contributed by atoms with van der Waals surface area (Å²) in [7, 11) is 3.94. The number of aryl methyl sites for hydroxylation is 1. The minimum atomic E-state index is -0.389. The van der Waals surface area contributed by atoms with Crippen LogP contribution in [0.4, 0.5) is 5.69 Å². The van der Waals surface area contributed by atoms with Crippen molar-refractivity contribution < 1.29 is 14.1 Å². The minimum absolute atomic E-state index is 0.221. The van der Waals surface area contributed by atoms with E-state index in [0.717, 1.165) is 16.4 Å². The van der Waals surface area contributed by atoms with Gasteiger partial charge >= 0.3 is 17.7 Å². The Labute approximate surface area is 152 Å². The van der Waals surface area contributed by atoms with E-state index in [0.29, 0.717) is 5.82 Å². The molecule has 0 saturated heterocycles. The predicted molar refractivity (Wildman–Crippen MR) is 97.6 cm³/mol. The molecule has 2 aromatic rings. The predicted octanol–water partition coefficient (Wildman–Crippen LogP) is 3.25. The van der Waals surface area contributed by atoms with Crippen LogP contribution in [0.5, 0.6) is 5.88 Å². The van der Waals surface area contributed by atoms with Gasteiger partial charge in [0.05, 0.1) is 25.4 Å². The molecule has 1 aliphatic rings. The van der Waals surface area contributed by atoms with Crippen LogP contribution in [-0.4, -0.2) is 18.0 Å². The van der Waals surface area contributed by atoms with Crippen LogP contribution in [0, 0.1) is 0 Å². The van der Waals surface area contributed by atoms with Crippen LogP contribution in [0.25, 0.3) is 6.08 Å². The molecule has 1 aliphatic heterocycles. The summed E-state index contributed by atoms with van der Waals surface area (Å²) in [6.45, 7) is 5.68. The van der Waals surface area contributed by atoms with Crippen molar-refractivity contribution in [2.24, 2.45) is 7.05 Å². The normalized spacial score (nSPS) is 16.9. The van der Waals surface area contributed by atoms with Crippen molar-refractivity contribution in [2.45, 2.75) is 26.2 Å². The number of carbonyl (C=O) groups excluding carboxylic acids is 1. The molecule has 130 valence electrons. The molecule has 0 aliphatic carbocycles. The summed E-state index contributed by atoms with van der Waals surface area (Å²) in [5.74, 6) is 0.601. The molecule has 6 heteroatoms. The molecule has 0 N–H and O–H groups in total. The smallest absolute Gasteiger partial charge is 0.339 e. The fourth-order valence-electron chi connectivity index (χ4n) is 3.21. The van der Waals surface area contributed by atoms with Gasteiger partial charge in [-0.3, -0.25) is 4.79 Å². The fraction of sp³-hybridized carbons (Fsp3) is 0.316. The number of hydrogen-bond acceptors (Lipinski definition) is 4. The van der Waals surface area contributed by atoms with Crippen LogP contribution in [0.2, 0.25) is 5.02 Å². The third-order valence-electron chi connectivity index (χ3n) is 4.54. The number of benzene rings is 1. The van der Waals surface area contributed by atoms with Gasteiger partial charge < -0.3 is 9.64 Å². The lowest BCUT2D eigenvalue weighted by atomic mass is 9.83. The maximum absolute atomic E-state index is 11.2. The number of aromatic nitrogens is 2. The average molecular weight is 359 g/mol. The third-order valence-corrected chi connectivity index (χ3v) is 4.77. The number of esters is 1. The van der Waals surface area contributed by atoms with Gasteiger partial charge in [0.25, 0.3) is 0 Å². The molecule has 5 nitrogen and oxygen atoms in total. The lowest BCUT2D eigenvalue weighted by molar-refractivity contribution is -0.676. The second-order valence-corrected chi connectivity index (χ2v) is 7.14. The number of likely N-dealkylation sites (N-methyl/N-ethyl adjacent to an activating group) is 1. The van der Waals surface area contributed by atoms with Gasteiger partial charge in [-0.05, 0) is 28.7 Å². The van der Waals surface area contributed by atoms with Gasteiger partial charge in [-0.2, -0.15) is 0 Å². The second-order valence-electron chi connectivity index (χ2n) is 6.70. The summed E-state index contributed by atoms with van der Waals surface area (Å²) in [6, 6.07) is 7.61. The molecule has 25 heavy (non-hydrogen) atoms. The van der Waals surface area contributed by atoms with Gasteiger partial charge in [0.1, 0.15) is 0 Å². The number of allylic oxidation sites excluding steroid dienone is 1. The van der Waals surface area contributed by atoms with Gasteiger partial charge in [-0.15, -0.1) is 0 Å². The molecular weight excluding hydrogens is 338 g/mol. The van der Waals surface area contributed by atoms with Crippen LogP contribution in [0.15, 0.2) is 36.2 Å².